The molecule has 7 heteroatoms. The van der Waals surface area contributed by atoms with Gasteiger partial charge in [0.15, 0.2) is 0 Å². The fraction of sp³-hybridized carbons (Fsp3) is 0.949. The van der Waals surface area contributed by atoms with Crippen LogP contribution in [-0.4, -0.2) is 74.1 Å². The van der Waals surface area contributed by atoms with E-state index in [4.69, 9.17) is 9.47 Å². The van der Waals surface area contributed by atoms with E-state index in [1.165, 1.54) is 199 Å². The highest BCUT2D eigenvalue weighted by atomic mass is 16.5. The van der Waals surface area contributed by atoms with Crippen molar-refractivity contribution in [3.8, 4) is 0 Å². The third kappa shape index (κ3) is 42.5. The zero-order valence-electron chi connectivity index (χ0n) is 45.7. The van der Waals surface area contributed by atoms with Crippen LogP contribution >= 0.6 is 0 Å². The Morgan fingerprint density at radius 3 is 1.12 bits per heavy atom. The molecule has 0 aromatic heterocycles. The second-order valence-electron chi connectivity index (χ2n) is 20.9. The fourth-order valence-electron chi connectivity index (χ4n) is 9.63. The predicted octanol–water partition coefficient (Wildman–Crippen LogP) is 17.5. The lowest BCUT2D eigenvalue weighted by Gasteiger charge is -2.28. The Bertz CT molecular complexity index is 997. The molecule has 0 fully saturated rings. The van der Waals surface area contributed by atoms with Crippen molar-refractivity contribution < 1.29 is 23.9 Å². The number of hydrogen-bond donors (Lipinski definition) is 0. The molecule has 0 heterocycles. The fourth-order valence-corrected chi connectivity index (χ4v) is 9.63. The molecule has 0 spiro atoms. The normalized spacial score (nSPS) is 13.0. The minimum Gasteiger partial charge on any atom is -0.465 e. The van der Waals surface area contributed by atoms with Gasteiger partial charge in [0.1, 0.15) is 0 Å². The topological polar surface area (TPSA) is 76.2 Å². The van der Waals surface area contributed by atoms with Gasteiger partial charge in [0.2, 0.25) is 5.91 Å². The van der Waals surface area contributed by atoms with Crippen molar-refractivity contribution in [2.45, 2.75) is 310 Å². The smallest absolute Gasteiger partial charge is 0.305 e. The summed E-state index contributed by atoms with van der Waals surface area (Å²) >= 11 is 0. The van der Waals surface area contributed by atoms with Crippen molar-refractivity contribution in [2.75, 3.05) is 40.4 Å². The van der Waals surface area contributed by atoms with Crippen molar-refractivity contribution in [2.24, 2.45) is 11.8 Å². The maximum Gasteiger partial charge on any atom is 0.305 e. The Labute approximate surface area is 412 Å². The highest BCUT2D eigenvalue weighted by Crippen LogP contribution is 2.22. The third-order valence-corrected chi connectivity index (χ3v) is 14.5. The number of ether oxygens (including phenoxy) is 2. The molecule has 1 amide bonds. The SMILES string of the molecule is CCCCCCCCN(C)C(=O)CCCCCN(C)C(CCCCCCCCC(=O)OCC(CCCC)CCCCCC)CCCCCCCCC(=O)OCC(CCCC)CCCCCC. The number of rotatable bonds is 52. The highest BCUT2D eigenvalue weighted by Gasteiger charge is 2.16. The number of carbonyl (C=O) groups is 3. The molecule has 2 atom stereocenters. The van der Waals surface area contributed by atoms with Crippen LogP contribution in [0, 0.1) is 11.8 Å². The second-order valence-corrected chi connectivity index (χ2v) is 20.9. The molecule has 0 aromatic rings. The molecule has 0 aliphatic carbocycles. The first-order chi connectivity index (χ1) is 32.2. The van der Waals surface area contributed by atoms with Gasteiger partial charge >= 0.3 is 11.9 Å². The molecule has 0 saturated carbocycles. The summed E-state index contributed by atoms with van der Waals surface area (Å²) in [6.07, 6.45) is 49.2. The van der Waals surface area contributed by atoms with Gasteiger partial charge in [-0.3, -0.25) is 14.4 Å². The summed E-state index contributed by atoms with van der Waals surface area (Å²) < 4.78 is 11.5. The first-order valence-corrected chi connectivity index (χ1v) is 29.5. The average Bonchev–Trinajstić information content (AvgIpc) is 3.31. The van der Waals surface area contributed by atoms with Gasteiger partial charge in [-0.05, 0) is 96.1 Å². The van der Waals surface area contributed by atoms with E-state index in [9.17, 15) is 14.4 Å². The summed E-state index contributed by atoms with van der Waals surface area (Å²) in [7, 11) is 4.32. The molecule has 2 unspecified atom stereocenters. The Balaban J connectivity index is 4.65. The molecule has 392 valence electrons. The predicted molar refractivity (Wildman–Crippen MR) is 285 cm³/mol. The number of nitrogens with zero attached hydrogens (tertiary/aromatic N) is 2. The summed E-state index contributed by atoms with van der Waals surface area (Å²) in [5.41, 5.74) is 0. The third-order valence-electron chi connectivity index (χ3n) is 14.5. The lowest BCUT2D eigenvalue weighted by Crippen LogP contribution is -2.32. The molecule has 0 saturated heterocycles. The first-order valence-electron chi connectivity index (χ1n) is 29.5. The zero-order valence-corrected chi connectivity index (χ0v) is 45.7. The highest BCUT2D eigenvalue weighted by molar-refractivity contribution is 5.75. The van der Waals surface area contributed by atoms with Crippen LogP contribution in [0.3, 0.4) is 0 Å². The van der Waals surface area contributed by atoms with Gasteiger partial charge in [0, 0.05) is 38.9 Å². The van der Waals surface area contributed by atoms with Crippen LogP contribution in [0.2, 0.25) is 0 Å². The monoisotopic (exact) mass is 933 g/mol. The zero-order chi connectivity index (χ0) is 48.6. The minimum atomic E-state index is 0.00735. The Hall–Kier alpha value is -1.63. The van der Waals surface area contributed by atoms with Crippen molar-refractivity contribution in [1.82, 2.24) is 9.80 Å². The number of unbranched alkanes of at least 4 members (excludes halogenated alkanes) is 25. The Morgan fingerprint density at radius 2 is 0.667 bits per heavy atom. The lowest BCUT2D eigenvalue weighted by molar-refractivity contribution is -0.146. The van der Waals surface area contributed by atoms with E-state index in [1.54, 1.807) is 0 Å². The van der Waals surface area contributed by atoms with E-state index in [0.29, 0.717) is 56.3 Å². The molecule has 0 bridgehead atoms. The van der Waals surface area contributed by atoms with Crippen LogP contribution in [0.15, 0.2) is 0 Å². The second kappa shape index (κ2) is 49.8. The number of esters is 2. The maximum atomic E-state index is 12.8. The molecule has 7 nitrogen and oxygen atoms in total. The van der Waals surface area contributed by atoms with Crippen molar-refractivity contribution in [3.63, 3.8) is 0 Å². The summed E-state index contributed by atoms with van der Waals surface area (Å²) in [4.78, 5) is 42.4. The van der Waals surface area contributed by atoms with Crippen LogP contribution in [0.5, 0.6) is 0 Å². The number of amides is 1. The van der Waals surface area contributed by atoms with Crippen LogP contribution in [-0.2, 0) is 23.9 Å². The molecule has 0 aromatic carbocycles. The standard InChI is InChI=1S/C59H116N2O5/c1-8-13-18-21-30-39-51-61(7)57(62)47-36-31-40-50-60(6)56(45-34-26-22-24-28-37-48-58(63)65-52-54(41-16-11-4)43-32-19-14-9-2)46-35-27-23-25-29-38-49-59(64)66-53-55(42-17-12-5)44-33-20-15-10-3/h54-56H,8-53H2,1-7H3. The van der Waals surface area contributed by atoms with E-state index in [2.05, 4.69) is 46.6 Å². The largest absolute Gasteiger partial charge is 0.465 e. The van der Waals surface area contributed by atoms with Crippen LogP contribution in [0.25, 0.3) is 0 Å². The molecular weight excluding hydrogens is 817 g/mol. The summed E-state index contributed by atoms with van der Waals surface area (Å²) in [5.74, 6) is 1.40. The molecule has 0 N–H and O–H groups in total. The van der Waals surface area contributed by atoms with Gasteiger partial charge < -0.3 is 19.3 Å². The van der Waals surface area contributed by atoms with Gasteiger partial charge in [-0.15, -0.1) is 0 Å². The van der Waals surface area contributed by atoms with Crippen LogP contribution in [0.4, 0.5) is 0 Å². The van der Waals surface area contributed by atoms with Crippen molar-refractivity contribution >= 4 is 17.8 Å². The van der Waals surface area contributed by atoms with E-state index in [1.807, 2.05) is 11.9 Å². The van der Waals surface area contributed by atoms with Gasteiger partial charge in [-0.2, -0.15) is 0 Å². The average molecular weight is 934 g/mol. The van der Waals surface area contributed by atoms with E-state index in [-0.39, 0.29) is 11.9 Å². The quantitative estimate of drug-likeness (QED) is 0.0447. The summed E-state index contributed by atoms with van der Waals surface area (Å²) in [5, 5.41) is 0. The Morgan fingerprint density at radius 1 is 0.348 bits per heavy atom. The van der Waals surface area contributed by atoms with Gasteiger partial charge in [-0.1, -0.05) is 214 Å². The maximum absolute atomic E-state index is 12.8. The van der Waals surface area contributed by atoms with Gasteiger partial charge in [0.25, 0.3) is 0 Å². The molecule has 0 radical (unpaired) electrons. The number of carbonyl (C=O) groups excluding carboxylic acids is 3. The molecule has 66 heavy (non-hydrogen) atoms. The molecular formula is C59H116N2O5. The van der Waals surface area contributed by atoms with E-state index < -0.39 is 0 Å². The lowest BCUT2D eigenvalue weighted by atomic mass is 9.96. The number of hydrogen-bond acceptors (Lipinski definition) is 6. The first kappa shape index (κ1) is 64.4. The van der Waals surface area contributed by atoms with Crippen LogP contribution < -0.4 is 0 Å². The van der Waals surface area contributed by atoms with Gasteiger partial charge in [0.05, 0.1) is 13.2 Å². The Kier molecular flexibility index (Phi) is 48.6. The minimum absolute atomic E-state index is 0.00735. The summed E-state index contributed by atoms with van der Waals surface area (Å²) in [6, 6.07) is 0.611. The van der Waals surface area contributed by atoms with E-state index in [0.717, 1.165) is 64.5 Å². The molecule has 0 aliphatic rings. The van der Waals surface area contributed by atoms with E-state index >= 15 is 0 Å². The molecule has 0 aliphatic heterocycles. The van der Waals surface area contributed by atoms with Gasteiger partial charge in [-0.25, -0.2) is 0 Å². The van der Waals surface area contributed by atoms with Crippen LogP contribution in [0.1, 0.15) is 304 Å². The van der Waals surface area contributed by atoms with Crippen molar-refractivity contribution in [1.29, 1.82) is 0 Å². The molecule has 0 rings (SSSR count). The van der Waals surface area contributed by atoms with Crippen molar-refractivity contribution in [3.05, 3.63) is 0 Å². The summed E-state index contributed by atoms with van der Waals surface area (Å²) in [6.45, 7) is 14.5.